The number of hydrogen-bond donors (Lipinski definition) is 2. The van der Waals surface area contributed by atoms with Crippen LogP contribution in [0.2, 0.25) is 0 Å². The number of anilines is 1. The Morgan fingerprint density at radius 1 is 1.48 bits per heavy atom. The molecule has 1 heterocycles. The number of rotatable bonds is 4. The Balaban J connectivity index is 2.30. The summed E-state index contributed by atoms with van der Waals surface area (Å²) in [4.78, 5) is 12.4. The van der Waals surface area contributed by atoms with Gasteiger partial charge in [0.15, 0.2) is 0 Å². The molecule has 1 aromatic rings. The first-order valence-electron chi connectivity index (χ1n) is 6.78. The molecule has 0 radical (unpaired) electrons. The van der Waals surface area contributed by atoms with E-state index in [1.54, 1.807) is 12.1 Å². The topological polar surface area (TPSA) is 96.1 Å². The van der Waals surface area contributed by atoms with Crippen molar-refractivity contribution >= 4 is 11.4 Å². The van der Waals surface area contributed by atoms with Gasteiger partial charge in [0.1, 0.15) is 0 Å². The third-order valence-corrected chi connectivity index (χ3v) is 3.48. The maximum atomic E-state index is 10.9. The molecular formula is C14H20N2O5. The minimum atomic E-state index is -0.505. The Morgan fingerprint density at radius 3 is 2.76 bits per heavy atom. The van der Waals surface area contributed by atoms with Crippen molar-refractivity contribution in [3.05, 3.63) is 33.9 Å². The predicted octanol–water partition coefficient (Wildman–Crippen LogP) is 1.06. The molecule has 2 N–H and O–H groups in total. The molecule has 7 heteroatoms. The lowest BCUT2D eigenvalue weighted by atomic mass is 10.0. The lowest BCUT2D eigenvalue weighted by molar-refractivity contribution is -0.385. The van der Waals surface area contributed by atoms with Crippen molar-refractivity contribution in [3.8, 4) is 0 Å². The van der Waals surface area contributed by atoms with Gasteiger partial charge in [-0.15, -0.1) is 0 Å². The highest BCUT2D eigenvalue weighted by atomic mass is 16.6. The van der Waals surface area contributed by atoms with Crippen LogP contribution in [0.25, 0.3) is 0 Å². The van der Waals surface area contributed by atoms with Gasteiger partial charge in [0.05, 0.1) is 35.4 Å². The van der Waals surface area contributed by atoms with Crippen LogP contribution in [0.4, 0.5) is 11.4 Å². The second-order valence-electron chi connectivity index (χ2n) is 5.79. The Kier molecular flexibility index (Phi) is 4.46. The molecule has 2 rings (SSSR count). The van der Waals surface area contributed by atoms with Crippen LogP contribution in [0.15, 0.2) is 18.2 Å². The molecule has 0 spiro atoms. The monoisotopic (exact) mass is 296 g/mol. The predicted molar refractivity (Wildman–Crippen MR) is 77.3 cm³/mol. The molecule has 0 aliphatic carbocycles. The van der Waals surface area contributed by atoms with Crippen LogP contribution < -0.4 is 4.90 Å². The molecule has 0 bridgehead atoms. The van der Waals surface area contributed by atoms with Gasteiger partial charge in [0.25, 0.3) is 5.69 Å². The first-order valence-corrected chi connectivity index (χ1v) is 6.78. The van der Waals surface area contributed by atoms with Crippen molar-refractivity contribution in [1.29, 1.82) is 0 Å². The average molecular weight is 296 g/mol. The molecule has 1 saturated heterocycles. The smallest absolute Gasteiger partial charge is 0.275 e. The van der Waals surface area contributed by atoms with E-state index < -0.39 is 10.5 Å². The molecule has 0 aromatic heterocycles. The molecular weight excluding hydrogens is 276 g/mol. The minimum absolute atomic E-state index is 0.0836. The highest BCUT2D eigenvalue weighted by molar-refractivity contribution is 5.56. The van der Waals surface area contributed by atoms with Crippen LogP contribution in [0.5, 0.6) is 0 Å². The molecule has 116 valence electrons. The van der Waals surface area contributed by atoms with Gasteiger partial charge >= 0.3 is 0 Å². The zero-order valence-corrected chi connectivity index (χ0v) is 12.2. The highest BCUT2D eigenvalue weighted by Gasteiger charge is 2.33. The number of aliphatic hydroxyl groups excluding tert-OH is 2. The average Bonchev–Trinajstić information content (AvgIpc) is 2.44. The number of nitro groups is 1. The van der Waals surface area contributed by atoms with E-state index in [9.17, 15) is 20.3 Å². The van der Waals surface area contributed by atoms with Gasteiger partial charge in [-0.05, 0) is 26.0 Å². The lowest BCUT2D eigenvalue weighted by Crippen LogP contribution is -2.54. The van der Waals surface area contributed by atoms with Crippen molar-refractivity contribution in [2.75, 3.05) is 24.6 Å². The standard InChI is InChI=1S/C14H20N2O5/c1-14(2)9-15(6-12(8-18)21-14)11-3-4-13(16(19)20)10(5-11)7-17/h3-5,12,17-18H,6-9H2,1-2H3. The SMILES string of the molecule is CC1(C)CN(c2ccc([N+](=O)[O-])c(CO)c2)CC(CO)O1. The fraction of sp³-hybridized carbons (Fsp3) is 0.571. The molecule has 21 heavy (non-hydrogen) atoms. The number of morpholine rings is 1. The fourth-order valence-corrected chi connectivity index (χ4v) is 2.66. The number of nitrogens with zero attached hydrogens (tertiary/aromatic N) is 2. The highest BCUT2D eigenvalue weighted by Crippen LogP contribution is 2.29. The van der Waals surface area contributed by atoms with Gasteiger partial charge in [-0.3, -0.25) is 10.1 Å². The summed E-state index contributed by atoms with van der Waals surface area (Å²) in [6.07, 6.45) is -0.304. The van der Waals surface area contributed by atoms with Crippen LogP contribution in [0.1, 0.15) is 19.4 Å². The first-order chi connectivity index (χ1) is 9.86. The van der Waals surface area contributed by atoms with Crippen LogP contribution in [-0.2, 0) is 11.3 Å². The van der Waals surface area contributed by atoms with E-state index in [2.05, 4.69) is 0 Å². The Hall–Kier alpha value is -1.70. The summed E-state index contributed by atoms with van der Waals surface area (Å²) in [5, 5.41) is 29.5. The molecule has 1 aliphatic rings. The maximum absolute atomic E-state index is 10.9. The van der Waals surface area contributed by atoms with Gasteiger partial charge in [0.2, 0.25) is 0 Å². The zero-order chi connectivity index (χ0) is 15.6. The minimum Gasteiger partial charge on any atom is -0.394 e. The lowest BCUT2D eigenvalue weighted by Gasteiger charge is -2.43. The van der Waals surface area contributed by atoms with Crippen LogP contribution >= 0.6 is 0 Å². The Morgan fingerprint density at radius 2 is 2.19 bits per heavy atom. The van der Waals surface area contributed by atoms with Crippen molar-refractivity contribution in [2.45, 2.75) is 32.2 Å². The normalized spacial score (nSPS) is 21.3. The Labute approximate surface area is 122 Å². The number of aliphatic hydroxyl groups is 2. The first kappa shape index (κ1) is 15.7. The summed E-state index contributed by atoms with van der Waals surface area (Å²) in [5.41, 5.74) is 0.543. The summed E-state index contributed by atoms with van der Waals surface area (Å²) >= 11 is 0. The molecule has 1 aromatic carbocycles. The van der Waals surface area contributed by atoms with Crippen molar-refractivity contribution < 1.29 is 19.9 Å². The van der Waals surface area contributed by atoms with Crippen LogP contribution in [0.3, 0.4) is 0 Å². The van der Waals surface area contributed by atoms with E-state index in [-0.39, 0.29) is 30.6 Å². The van der Waals surface area contributed by atoms with Crippen molar-refractivity contribution in [3.63, 3.8) is 0 Å². The van der Waals surface area contributed by atoms with Crippen molar-refractivity contribution in [2.24, 2.45) is 0 Å². The van der Waals surface area contributed by atoms with E-state index >= 15 is 0 Å². The molecule has 7 nitrogen and oxygen atoms in total. The number of ether oxygens (including phenoxy) is 1. The molecule has 1 fully saturated rings. The van der Waals surface area contributed by atoms with Gasteiger partial charge in [0, 0.05) is 24.8 Å². The summed E-state index contributed by atoms with van der Waals surface area (Å²) in [6.45, 7) is 4.50. The largest absolute Gasteiger partial charge is 0.394 e. The van der Waals surface area contributed by atoms with Gasteiger partial charge in [-0.2, -0.15) is 0 Å². The van der Waals surface area contributed by atoms with Gasteiger partial charge in [-0.1, -0.05) is 0 Å². The summed E-state index contributed by atoms with van der Waals surface area (Å²) < 4.78 is 5.74. The van der Waals surface area contributed by atoms with Crippen LogP contribution in [0, 0.1) is 10.1 Å². The van der Waals surface area contributed by atoms with E-state index in [1.165, 1.54) is 6.07 Å². The third-order valence-electron chi connectivity index (χ3n) is 3.48. The summed E-state index contributed by atoms with van der Waals surface area (Å²) in [7, 11) is 0. The summed E-state index contributed by atoms with van der Waals surface area (Å²) in [6, 6.07) is 4.68. The quantitative estimate of drug-likeness (QED) is 0.637. The van der Waals surface area contributed by atoms with E-state index in [0.29, 0.717) is 13.1 Å². The Bertz CT molecular complexity index is 532. The molecule has 1 unspecified atom stereocenters. The number of hydrogen-bond acceptors (Lipinski definition) is 6. The molecule has 0 amide bonds. The summed E-state index contributed by atoms with van der Waals surface area (Å²) in [5.74, 6) is 0. The zero-order valence-electron chi connectivity index (χ0n) is 12.2. The number of nitro benzene ring substituents is 1. The van der Waals surface area contributed by atoms with E-state index in [0.717, 1.165) is 5.69 Å². The van der Waals surface area contributed by atoms with E-state index in [1.807, 2.05) is 18.7 Å². The second kappa shape index (κ2) is 5.97. The molecule has 1 atom stereocenters. The van der Waals surface area contributed by atoms with Gasteiger partial charge in [-0.25, -0.2) is 0 Å². The molecule has 0 saturated carbocycles. The third kappa shape index (κ3) is 3.49. The van der Waals surface area contributed by atoms with E-state index in [4.69, 9.17) is 4.74 Å². The van der Waals surface area contributed by atoms with Crippen molar-refractivity contribution in [1.82, 2.24) is 0 Å². The maximum Gasteiger partial charge on any atom is 0.275 e. The fourth-order valence-electron chi connectivity index (χ4n) is 2.66. The number of benzene rings is 1. The molecule has 1 aliphatic heterocycles. The second-order valence-corrected chi connectivity index (χ2v) is 5.79. The van der Waals surface area contributed by atoms with Gasteiger partial charge < -0.3 is 19.8 Å². The van der Waals surface area contributed by atoms with Crippen LogP contribution in [-0.4, -0.2) is 46.5 Å².